The first-order valence-electron chi connectivity index (χ1n) is 6.74. The van der Waals surface area contributed by atoms with Crippen molar-refractivity contribution < 1.29 is 18.0 Å². The van der Waals surface area contributed by atoms with Gasteiger partial charge >= 0.3 is 6.18 Å². The van der Waals surface area contributed by atoms with Crippen LogP contribution in [0.1, 0.15) is 19.3 Å². The highest BCUT2D eigenvalue weighted by molar-refractivity contribution is 5.76. The molecule has 0 unspecified atom stereocenters. The first-order chi connectivity index (χ1) is 8.94. The van der Waals surface area contributed by atoms with E-state index in [-0.39, 0.29) is 5.91 Å². The van der Waals surface area contributed by atoms with Gasteiger partial charge in [-0.15, -0.1) is 0 Å². The fourth-order valence-corrected chi connectivity index (χ4v) is 2.24. The molecule has 1 saturated heterocycles. The van der Waals surface area contributed by atoms with E-state index in [9.17, 15) is 18.0 Å². The number of piperazine rings is 1. The molecule has 2 aliphatic rings. The lowest BCUT2D eigenvalue weighted by Gasteiger charge is -2.35. The Labute approximate surface area is 110 Å². The van der Waals surface area contributed by atoms with Crippen LogP contribution in [-0.2, 0) is 4.79 Å². The SMILES string of the molecule is O=C(CCNC1CC1)N1CCN(CC(F)(F)F)CC1. The molecule has 2 rings (SSSR count). The summed E-state index contributed by atoms with van der Waals surface area (Å²) in [5, 5.41) is 3.26. The predicted molar refractivity (Wildman–Crippen MR) is 64.7 cm³/mol. The molecule has 4 nitrogen and oxygen atoms in total. The monoisotopic (exact) mass is 279 g/mol. The third-order valence-electron chi connectivity index (χ3n) is 3.48. The van der Waals surface area contributed by atoms with E-state index in [1.165, 1.54) is 17.7 Å². The largest absolute Gasteiger partial charge is 0.401 e. The predicted octanol–water partition coefficient (Wildman–Crippen LogP) is 0.835. The number of amides is 1. The number of carbonyl (C=O) groups is 1. The molecule has 0 aromatic heterocycles. The maximum atomic E-state index is 12.2. The number of hydrogen-bond donors (Lipinski definition) is 1. The minimum atomic E-state index is -4.15. The summed E-state index contributed by atoms with van der Waals surface area (Å²) in [5.74, 6) is 0.0415. The Bertz CT molecular complexity index is 310. The van der Waals surface area contributed by atoms with Crippen molar-refractivity contribution in [2.75, 3.05) is 39.3 Å². The maximum absolute atomic E-state index is 12.2. The topological polar surface area (TPSA) is 35.6 Å². The Kier molecular flexibility index (Phi) is 4.67. The van der Waals surface area contributed by atoms with Crippen LogP contribution in [0.3, 0.4) is 0 Å². The maximum Gasteiger partial charge on any atom is 0.401 e. The zero-order chi connectivity index (χ0) is 13.9. The molecule has 1 amide bonds. The molecule has 110 valence electrons. The molecule has 0 atom stereocenters. The highest BCUT2D eigenvalue weighted by Gasteiger charge is 2.32. The van der Waals surface area contributed by atoms with Crippen LogP contribution in [0.25, 0.3) is 0 Å². The first kappa shape index (κ1) is 14.6. The van der Waals surface area contributed by atoms with Gasteiger partial charge in [0, 0.05) is 45.2 Å². The molecule has 0 aromatic rings. The lowest BCUT2D eigenvalue weighted by Crippen LogP contribution is -2.51. The Morgan fingerprint density at radius 3 is 2.32 bits per heavy atom. The average molecular weight is 279 g/mol. The van der Waals surface area contributed by atoms with Crippen molar-refractivity contribution in [3.63, 3.8) is 0 Å². The number of carbonyl (C=O) groups excluding carboxylic acids is 1. The molecule has 1 saturated carbocycles. The highest BCUT2D eigenvalue weighted by atomic mass is 19.4. The molecule has 2 fully saturated rings. The average Bonchev–Trinajstić information content (AvgIpc) is 3.12. The van der Waals surface area contributed by atoms with E-state index in [2.05, 4.69) is 5.32 Å². The lowest BCUT2D eigenvalue weighted by molar-refractivity contribution is -0.151. The van der Waals surface area contributed by atoms with Crippen LogP contribution in [-0.4, -0.2) is 67.2 Å². The molecule has 0 aromatic carbocycles. The molecule has 19 heavy (non-hydrogen) atoms. The summed E-state index contributed by atoms with van der Waals surface area (Å²) in [4.78, 5) is 14.9. The number of nitrogens with one attached hydrogen (secondary N) is 1. The Morgan fingerprint density at radius 1 is 1.16 bits per heavy atom. The molecule has 1 N–H and O–H groups in total. The molecule has 0 spiro atoms. The van der Waals surface area contributed by atoms with Crippen molar-refractivity contribution in [2.45, 2.75) is 31.5 Å². The fourth-order valence-electron chi connectivity index (χ4n) is 2.24. The standard InChI is InChI=1S/C12H20F3N3O/c13-12(14,15)9-17-5-7-18(8-6-17)11(19)3-4-16-10-1-2-10/h10,16H,1-9H2. The normalized spacial score (nSPS) is 21.7. The van der Waals surface area contributed by atoms with E-state index < -0.39 is 12.7 Å². The van der Waals surface area contributed by atoms with Crippen molar-refractivity contribution >= 4 is 5.91 Å². The van der Waals surface area contributed by atoms with Gasteiger partial charge in [-0.2, -0.15) is 13.2 Å². The number of alkyl halides is 3. The van der Waals surface area contributed by atoms with Crippen LogP contribution >= 0.6 is 0 Å². The summed E-state index contributed by atoms with van der Waals surface area (Å²) in [6, 6.07) is 0.580. The van der Waals surface area contributed by atoms with E-state index in [0.29, 0.717) is 45.2 Å². The van der Waals surface area contributed by atoms with Crippen LogP contribution in [0.2, 0.25) is 0 Å². The molecule has 1 heterocycles. The second kappa shape index (κ2) is 6.09. The smallest absolute Gasteiger partial charge is 0.340 e. The summed E-state index contributed by atoms with van der Waals surface area (Å²) >= 11 is 0. The van der Waals surface area contributed by atoms with Gasteiger partial charge in [-0.1, -0.05) is 0 Å². The van der Waals surface area contributed by atoms with Crippen LogP contribution in [0.4, 0.5) is 13.2 Å². The molecular formula is C12H20F3N3O. The Hall–Kier alpha value is -0.820. The highest BCUT2D eigenvalue weighted by Crippen LogP contribution is 2.19. The lowest BCUT2D eigenvalue weighted by atomic mass is 10.2. The van der Waals surface area contributed by atoms with Gasteiger partial charge in [0.1, 0.15) is 0 Å². The van der Waals surface area contributed by atoms with Gasteiger partial charge < -0.3 is 10.2 Å². The number of halogens is 3. The number of rotatable bonds is 5. The summed E-state index contributed by atoms with van der Waals surface area (Å²) in [6.45, 7) is 1.21. The molecule has 7 heteroatoms. The minimum Gasteiger partial charge on any atom is -0.340 e. The minimum absolute atomic E-state index is 0.0415. The van der Waals surface area contributed by atoms with Gasteiger partial charge in [0.2, 0.25) is 5.91 Å². The van der Waals surface area contributed by atoms with Crippen LogP contribution in [0.5, 0.6) is 0 Å². The van der Waals surface area contributed by atoms with E-state index in [4.69, 9.17) is 0 Å². The van der Waals surface area contributed by atoms with Gasteiger partial charge in [-0.05, 0) is 12.8 Å². The van der Waals surface area contributed by atoms with Gasteiger partial charge in [-0.25, -0.2) is 0 Å². The van der Waals surface area contributed by atoms with E-state index in [0.717, 1.165) is 0 Å². The van der Waals surface area contributed by atoms with Crippen molar-refractivity contribution in [3.05, 3.63) is 0 Å². The van der Waals surface area contributed by atoms with Crippen LogP contribution in [0.15, 0.2) is 0 Å². The van der Waals surface area contributed by atoms with Crippen LogP contribution in [0, 0.1) is 0 Å². The molecule has 1 aliphatic carbocycles. The number of nitrogens with zero attached hydrogens (tertiary/aromatic N) is 2. The summed E-state index contributed by atoms with van der Waals surface area (Å²) in [5.41, 5.74) is 0. The third kappa shape index (κ3) is 5.36. The fraction of sp³-hybridized carbons (Fsp3) is 0.917. The molecular weight excluding hydrogens is 259 g/mol. The third-order valence-corrected chi connectivity index (χ3v) is 3.48. The van der Waals surface area contributed by atoms with Crippen molar-refractivity contribution in [2.24, 2.45) is 0 Å². The quantitative estimate of drug-likeness (QED) is 0.810. The van der Waals surface area contributed by atoms with Gasteiger partial charge in [0.15, 0.2) is 0 Å². The molecule has 0 bridgehead atoms. The van der Waals surface area contributed by atoms with E-state index in [1.807, 2.05) is 0 Å². The van der Waals surface area contributed by atoms with E-state index >= 15 is 0 Å². The second-order valence-corrected chi connectivity index (χ2v) is 5.25. The van der Waals surface area contributed by atoms with Gasteiger partial charge in [0.05, 0.1) is 6.54 Å². The van der Waals surface area contributed by atoms with Gasteiger partial charge in [-0.3, -0.25) is 9.69 Å². The Morgan fingerprint density at radius 2 is 1.79 bits per heavy atom. The molecule has 0 radical (unpaired) electrons. The number of hydrogen-bond acceptors (Lipinski definition) is 3. The summed E-state index contributed by atoms with van der Waals surface area (Å²) in [7, 11) is 0. The Balaban J connectivity index is 1.62. The molecule has 1 aliphatic heterocycles. The van der Waals surface area contributed by atoms with Crippen molar-refractivity contribution in [3.8, 4) is 0 Å². The van der Waals surface area contributed by atoms with Crippen molar-refractivity contribution in [1.29, 1.82) is 0 Å². The second-order valence-electron chi connectivity index (χ2n) is 5.25. The van der Waals surface area contributed by atoms with E-state index in [1.54, 1.807) is 4.90 Å². The summed E-state index contributed by atoms with van der Waals surface area (Å²) < 4.78 is 36.6. The zero-order valence-corrected chi connectivity index (χ0v) is 10.9. The van der Waals surface area contributed by atoms with Crippen molar-refractivity contribution in [1.82, 2.24) is 15.1 Å². The zero-order valence-electron chi connectivity index (χ0n) is 10.9. The summed E-state index contributed by atoms with van der Waals surface area (Å²) in [6.07, 6.45) is -1.34. The first-order valence-corrected chi connectivity index (χ1v) is 6.74. The van der Waals surface area contributed by atoms with Gasteiger partial charge in [0.25, 0.3) is 0 Å². The van der Waals surface area contributed by atoms with Crippen LogP contribution < -0.4 is 5.32 Å².